The van der Waals surface area contributed by atoms with Gasteiger partial charge in [0.15, 0.2) is 0 Å². The van der Waals surface area contributed by atoms with Gasteiger partial charge in [-0.05, 0) is 50.1 Å². The van der Waals surface area contributed by atoms with Gasteiger partial charge in [-0.2, -0.15) is 0 Å². The van der Waals surface area contributed by atoms with Crippen LogP contribution in [0.5, 0.6) is 5.75 Å². The molecule has 0 aliphatic carbocycles. The first-order valence-corrected chi connectivity index (χ1v) is 8.37. The van der Waals surface area contributed by atoms with E-state index in [1.54, 1.807) is 25.3 Å². The SMILES string of the molecule is COc1ccc(S(=O)(=O)NC2(C)CCOC2)c(CCN)c1. The van der Waals surface area contributed by atoms with Crippen molar-refractivity contribution in [3.05, 3.63) is 23.8 Å². The number of hydrogen-bond donors (Lipinski definition) is 2. The summed E-state index contributed by atoms with van der Waals surface area (Å²) in [5.74, 6) is 0.618. The normalized spacial score (nSPS) is 22.4. The third-order valence-electron chi connectivity index (χ3n) is 3.57. The number of rotatable bonds is 6. The van der Waals surface area contributed by atoms with Crippen LogP contribution in [-0.2, 0) is 21.2 Å². The second-order valence-electron chi connectivity index (χ2n) is 5.48. The van der Waals surface area contributed by atoms with Gasteiger partial charge in [-0.15, -0.1) is 0 Å². The van der Waals surface area contributed by atoms with Gasteiger partial charge in [0, 0.05) is 6.61 Å². The molecular formula is C14H22N2O4S. The molecular weight excluding hydrogens is 292 g/mol. The molecule has 0 amide bonds. The molecule has 118 valence electrons. The molecule has 21 heavy (non-hydrogen) atoms. The molecule has 1 fully saturated rings. The van der Waals surface area contributed by atoms with Crippen molar-refractivity contribution in [2.45, 2.75) is 30.2 Å². The summed E-state index contributed by atoms with van der Waals surface area (Å²) in [6, 6.07) is 4.92. The van der Waals surface area contributed by atoms with Crippen molar-refractivity contribution in [3.63, 3.8) is 0 Å². The minimum Gasteiger partial charge on any atom is -0.497 e. The van der Waals surface area contributed by atoms with Crippen LogP contribution in [0, 0.1) is 0 Å². The highest BCUT2D eigenvalue weighted by Crippen LogP contribution is 2.25. The van der Waals surface area contributed by atoms with Gasteiger partial charge in [-0.25, -0.2) is 13.1 Å². The van der Waals surface area contributed by atoms with E-state index in [2.05, 4.69) is 4.72 Å². The first-order valence-electron chi connectivity index (χ1n) is 6.89. The molecule has 6 nitrogen and oxygen atoms in total. The Kier molecular flexibility index (Phi) is 4.88. The Morgan fingerprint density at radius 3 is 2.81 bits per heavy atom. The lowest BCUT2D eigenvalue weighted by molar-refractivity contribution is 0.178. The third kappa shape index (κ3) is 3.74. The smallest absolute Gasteiger partial charge is 0.241 e. The molecule has 1 aromatic carbocycles. The topological polar surface area (TPSA) is 90.7 Å². The average molecular weight is 314 g/mol. The van der Waals surface area contributed by atoms with E-state index < -0.39 is 15.6 Å². The Morgan fingerprint density at radius 2 is 2.24 bits per heavy atom. The molecule has 1 aliphatic heterocycles. The fraction of sp³-hybridized carbons (Fsp3) is 0.571. The van der Waals surface area contributed by atoms with Crippen LogP contribution in [0.25, 0.3) is 0 Å². The number of nitrogens with two attached hydrogens (primary N) is 1. The maximum atomic E-state index is 12.6. The molecule has 2 rings (SSSR count). The molecule has 1 aliphatic rings. The molecule has 0 saturated carbocycles. The van der Waals surface area contributed by atoms with E-state index in [0.717, 1.165) is 0 Å². The minimum absolute atomic E-state index is 0.252. The quantitative estimate of drug-likeness (QED) is 0.805. The van der Waals surface area contributed by atoms with E-state index in [-0.39, 0.29) is 4.90 Å². The molecule has 1 unspecified atom stereocenters. The molecule has 0 aromatic heterocycles. The monoisotopic (exact) mass is 314 g/mol. The van der Waals surface area contributed by atoms with E-state index in [1.165, 1.54) is 0 Å². The van der Waals surface area contributed by atoms with E-state index in [9.17, 15) is 8.42 Å². The van der Waals surface area contributed by atoms with Crippen LogP contribution < -0.4 is 15.2 Å². The number of sulfonamides is 1. The Bertz CT molecular complexity index is 595. The van der Waals surface area contributed by atoms with Crippen LogP contribution in [0.1, 0.15) is 18.9 Å². The highest BCUT2D eigenvalue weighted by atomic mass is 32.2. The van der Waals surface area contributed by atoms with Gasteiger partial charge in [0.25, 0.3) is 0 Å². The largest absolute Gasteiger partial charge is 0.497 e. The molecule has 7 heteroatoms. The summed E-state index contributed by atoms with van der Waals surface area (Å²) in [4.78, 5) is 0.252. The summed E-state index contributed by atoms with van der Waals surface area (Å²) in [5, 5.41) is 0. The van der Waals surface area contributed by atoms with E-state index >= 15 is 0 Å². The molecule has 1 heterocycles. The summed E-state index contributed by atoms with van der Waals surface area (Å²) < 4.78 is 38.5. The Balaban J connectivity index is 2.34. The maximum Gasteiger partial charge on any atom is 0.241 e. The number of hydrogen-bond acceptors (Lipinski definition) is 5. The van der Waals surface area contributed by atoms with E-state index in [4.69, 9.17) is 15.2 Å². The molecule has 0 bridgehead atoms. The number of benzene rings is 1. The average Bonchev–Trinajstić information content (AvgIpc) is 2.84. The van der Waals surface area contributed by atoms with Gasteiger partial charge in [0.2, 0.25) is 10.0 Å². The molecule has 3 N–H and O–H groups in total. The van der Waals surface area contributed by atoms with Crippen LogP contribution in [0.4, 0.5) is 0 Å². The van der Waals surface area contributed by atoms with Crippen molar-refractivity contribution in [1.29, 1.82) is 0 Å². The highest BCUT2D eigenvalue weighted by Gasteiger charge is 2.35. The van der Waals surface area contributed by atoms with Crippen LogP contribution in [0.2, 0.25) is 0 Å². The number of methoxy groups -OCH3 is 1. The van der Waals surface area contributed by atoms with E-state index in [0.29, 0.717) is 43.9 Å². The highest BCUT2D eigenvalue weighted by molar-refractivity contribution is 7.89. The van der Waals surface area contributed by atoms with E-state index in [1.807, 2.05) is 6.92 Å². The second-order valence-corrected chi connectivity index (χ2v) is 7.13. The van der Waals surface area contributed by atoms with Crippen molar-refractivity contribution >= 4 is 10.0 Å². The summed E-state index contributed by atoms with van der Waals surface area (Å²) in [6.45, 7) is 3.17. The van der Waals surface area contributed by atoms with Gasteiger partial charge in [0.05, 0.1) is 24.2 Å². The summed E-state index contributed by atoms with van der Waals surface area (Å²) in [6.07, 6.45) is 1.13. The lowest BCUT2D eigenvalue weighted by atomic mass is 10.0. The van der Waals surface area contributed by atoms with Crippen LogP contribution in [-0.4, -0.2) is 40.8 Å². The third-order valence-corrected chi connectivity index (χ3v) is 5.31. The Morgan fingerprint density at radius 1 is 1.48 bits per heavy atom. The lowest BCUT2D eigenvalue weighted by Gasteiger charge is -2.24. The zero-order valence-electron chi connectivity index (χ0n) is 12.4. The van der Waals surface area contributed by atoms with Gasteiger partial charge in [-0.3, -0.25) is 0 Å². The fourth-order valence-corrected chi connectivity index (χ4v) is 4.10. The van der Waals surface area contributed by atoms with Gasteiger partial charge in [0.1, 0.15) is 5.75 Å². The molecule has 1 aromatic rings. The van der Waals surface area contributed by atoms with Crippen LogP contribution >= 0.6 is 0 Å². The zero-order valence-corrected chi connectivity index (χ0v) is 13.2. The van der Waals surface area contributed by atoms with Gasteiger partial charge < -0.3 is 15.2 Å². The predicted octanol–water partition coefficient (Wildman–Crippen LogP) is 0.654. The first kappa shape index (κ1) is 16.2. The Hall–Kier alpha value is -1.15. The summed E-state index contributed by atoms with van der Waals surface area (Å²) in [5.41, 5.74) is 5.68. The number of ether oxygens (including phenoxy) is 2. The molecule has 0 spiro atoms. The number of nitrogens with one attached hydrogen (secondary N) is 1. The summed E-state index contributed by atoms with van der Waals surface area (Å²) in [7, 11) is -2.07. The van der Waals surface area contributed by atoms with Crippen molar-refractivity contribution < 1.29 is 17.9 Å². The van der Waals surface area contributed by atoms with Crippen molar-refractivity contribution in [2.75, 3.05) is 26.9 Å². The van der Waals surface area contributed by atoms with Crippen molar-refractivity contribution in [2.24, 2.45) is 5.73 Å². The predicted molar refractivity (Wildman–Crippen MR) is 79.9 cm³/mol. The van der Waals surface area contributed by atoms with Crippen molar-refractivity contribution in [3.8, 4) is 5.75 Å². The van der Waals surface area contributed by atoms with Gasteiger partial charge >= 0.3 is 0 Å². The molecule has 1 atom stereocenters. The molecule has 0 radical (unpaired) electrons. The van der Waals surface area contributed by atoms with Crippen LogP contribution in [0.3, 0.4) is 0 Å². The second kappa shape index (κ2) is 6.31. The van der Waals surface area contributed by atoms with Gasteiger partial charge in [-0.1, -0.05) is 0 Å². The standard InChI is InChI=1S/C14H22N2O4S/c1-14(6-8-20-10-14)16-21(17,18)13-4-3-12(19-2)9-11(13)5-7-15/h3-4,9,16H,5-8,10,15H2,1-2H3. The zero-order chi connectivity index (χ0) is 15.5. The molecule has 1 saturated heterocycles. The van der Waals surface area contributed by atoms with Crippen LogP contribution in [0.15, 0.2) is 23.1 Å². The van der Waals surface area contributed by atoms with Crippen molar-refractivity contribution in [1.82, 2.24) is 4.72 Å². The summed E-state index contributed by atoms with van der Waals surface area (Å²) >= 11 is 0. The fourth-order valence-electron chi connectivity index (χ4n) is 2.42. The minimum atomic E-state index is -3.62. The first-order chi connectivity index (χ1) is 9.90. The maximum absolute atomic E-state index is 12.6. The lowest BCUT2D eigenvalue weighted by Crippen LogP contribution is -2.46. The Labute approximate surface area is 125 Å².